The molecule has 150 valence electrons. The molecule has 0 radical (unpaired) electrons. The number of benzene rings is 4. The van der Waals surface area contributed by atoms with Gasteiger partial charge in [0.2, 0.25) is 0 Å². The van der Waals surface area contributed by atoms with E-state index in [9.17, 15) is 0 Å². The van der Waals surface area contributed by atoms with E-state index >= 15 is 0 Å². The molecule has 0 spiro atoms. The van der Waals surface area contributed by atoms with Crippen LogP contribution in [0, 0.1) is 0 Å². The van der Waals surface area contributed by atoms with E-state index in [1.165, 1.54) is 40.3 Å². The van der Waals surface area contributed by atoms with E-state index in [-0.39, 0.29) is 0 Å². The van der Waals surface area contributed by atoms with E-state index < -0.39 is 0 Å². The quantitative estimate of drug-likeness (QED) is 0.215. The first kappa shape index (κ1) is 20.0. The summed E-state index contributed by atoms with van der Waals surface area (Å²) < 4.78 is 5.50. The van der Waals surface area contributed by atoms with Gasteiger partial charge in [-0.3, -0.25) is 0 Å². The van der Waals surface area contributed by atoms with Crippen LogP contribution in [-0.4, -0.2) is 0 Å². The van der Waals surface area contributed by atoms with Gasteiger partial charge in [-0.2, -0.15) is 0 Å². The average Bonchev–Trinajstić information content (AvgIpc) is 3.57. The van der Waals surface area contributed by atoms with Crippen molar-refractivity contribution in [3.05, 3.63) is 120 Å². The summed E-state index contributed by atoms with van der Waals surface area (Å²) in [4.78, 5) is 0. The van der Waals surface area contributed by atoms with Crippen molar-refractivity contribution in [1.29, 1.82) is 0 Å². The lowest BCUT2D eigenvalue weighted by Crippen LogP contribution is -1.62. The fourth-order valence-corrected chi connectivity index (χ4v) is 6.17. The van der Waals surface area contributed by atoms with E-state index in [1.54, 1.807) is 22.7 Å². The van der Waals surface area contributed by atoms with Gasteiger partial charge in [0.05, 0.1) is 0 Å². The minimum Gasteiger partial charge on any atom is -0.144 e. The molecule has 0 nitrogen and oxygen atoms in total. The number of thiophene rings is 3. The number of hydrogen-bond donors (Lipinski definition) is 0. The van der Waals surface area contributed by atoms with E-state index in [0.29, 0.717) is 0 Å². The van der Waals surface area contributed by atoms with Gasteiger partial charge in [-0.05, 0) is 57.9 Å². The maximum atomic E-state index is 2.19. The Morgan fingerprint density at radius 1 is 0.355 bits per heavy atom. The summed E-state index contributed by atoms with van der Waals surface area (Å²) in [5.74, 6) is 0. The molecule has 7 rings (SSSR count). The predicted octanol–water partition coefficient (Wildman–Crippen LogP) is 9.86. The van der Waals surface area contributed by atoms with Gasteiger partial charge in [-0.25, -0.2) is 0 Å². The van der Waals surface area contributed by atoms with Crippen LogP contribution in [0.1, 0.15) is 0 Å². The monoisotopic (exact) mass is 452 g/mol. The van der Waals surface area contributed by atoms with Crippen LogP contribution in [0.15, 0.2) is 120 Å². The summed E-state index contributed by atoms with van der Waals surface area (Å²) in [6, 6.07) is 38.2. The first-order valence-corrected chi connectivity index (χ1v) is 12.7. The largest absolute Gasteiger partial charge is 0.144 e. The highest BCUT2D eigenvalue weighted by Crippen LogP contribution is 2.32. The zero-order valence-corrected chi connectivity index (χ0v) is 19.2. The van der Waals surface area contributed by atoms with E-state index in [4.69, 9.17) is 0 Å². The van der Waals surface area contributed by atoms with Crippen molar-refractivity contribution in [2.24, 2.45) is 0 Å². The lowest BCUT2D eigenvalue weighted by atomic mass is 10.2. The molecule has 0 aliphatic heterocycles. The molecule has 3 heteroatoms. The second kappa shape index (κ2) is 9.44. The Bertz CT molecular complexity index is 1370. The van der Waals surface area contributed by atoms with Crippen LogP contribution in [0.2, 0.25) is 0 Å². The van der Waals surface area contributed by atoms with Crippen LogP contribution in [0.3, 0.4) is 0 Å². The molecular formula is C28H20S3. The second-order valence-corrected chi connectivity index (χ2v) is 9.99. The van der Waals surface area contributed by atoms with Crippen molar-refractivity contribution in [2.75, 3.05) is 0 Å². The van der Waals surface area contributed by atoms with Gasteiger partial charge >= 0.3 is 0 Å². The number of fused-ring (bicyclic) bond motifs is 5. The molecule has 0 aliphatic rings. The third-order valence-electron chi connectivity index (χ3n) is 5.01. The summed E-state index contributed by atoms with van der Waals surface area (Å²) in [6.45, 7) is 0. The third-order valence-corrected chi connectivity index (χ3v) is 7.96. The highest BCUT2D eigenvalue weighted by atomic mass is 32.1. The number of rotatable bonds is 0. The molecule has 3 heterocycles. The molecule has 0 amide bonds. The predicted molar refractivity (Wildman–Crippen MR) is 143 cm³/mol. The van der Waals surface area contributed by atoms with Gasteiger partial charge in [-0.1, -0.05) is 72.8 Å². The summed E-state index contributed by atoms with van der Waals surface area (Å²) >= 11 is 5.44. The molecule has 3 aromatic heterocycles. The van der Waals surface area contributed by atoms with Gasteiger partial charge in [0, 0.05) is 29.6 Å². The van der Waals surface area contributed by atoms with Gasteiger partial charge in [0.25, 0.3) is 0 Å². The lowest BCUT2D eigenvalue weighted by Gasteiger charge is -1.88. The fourth-order valence-electron chi connectivity index (χ4n) is 3.49. The van der Waals surface area contributed by atoms with Crippen molar-refractivity contribution in [3.8, 4) is 0 Å². The molecule has 0 atom stereocenters. The average molecular weight is 453 g/mol. The van der Waals surface area contributed by atoms with Crippen LogP contribution in [0.5, 0.6) is 0 Å². The topological polar surface area (TPSA) is 0 Å². The van der Waals surface area contributed by atoms with Crippen molar-refractivity contribution >= 4 is 74.4 Å². The molecule has 7 aromatic rings. The Kier molecular flexibility index (Phi) is 6.08. The highest BCUT2D eigenvalue weighted by molar-refractivity contribution is 7.25. The first-order chi connectivity index (χ1) is 15.4. The number of hydrogen-bond acceptors (Lipinski definition) is 3. The lowest BCUT2D eigenvalue weighted by molar-refractivity contribution is 1.84. The van der Waals surface area contributed by atoms with E-state index in [0.717, 1.165) is 0 Å². The summed E-state index contributed by atoms with van der Waals surface area (Å²) in [7, 11) is 0. The van der Waals surface area contributed by atoms with Crippen LogP contribution in [0.4, 0.5) is 0 Å². The van der Waals surface area contributed by atoms with Crippen LogP contribution in [0.25, 0.3) is 40.3 Å². The van der Waals surface area contributed by atoms with Crippen molar-refractivity contribution in [1.82, 2.24) is 0 Å². The van der Waals surface area contributed by atoms with E-state index in [1.807, 2.05) is 11.3 Å². The Morgan fingerprint density at radius 2 is 0.742 bits per heavy atom. The minimum atomic E-state index is 1.35. The molecule has 0 aliphatic carbocycles. The highest BCUT2D eigenvalue weighted by Gasteiger charge is 2.01. The zero-order chi connectivity index (χ0) is 20.9. The molecular weight excluding hydrogens is 433 g/mol. The minimum absolute atomic E-state index is 1.35. The SMILES string of the molecule is c1ccc2c(c1)sc1ccccc12.c1ccc2sccc2c1.c1ccc2sccc2c1. The van der Waals surface area contributed by atoms with Gasteiger partial charge < -0.3 is 0 Å². The Labute approximate surface area is 193 Å². The molecule has 0 unspecified atom stereocenters. The summed E-state index contributed by atoms with van der Waals surface area (Å²) in [5, 5.41) is 9.69. The third kappa shape index (κ3) is 4.54. The molecule has 0 N–H and O–H groups in total. The molecule has 0 saturated carbocycles. The zero-order valence-electron chi connectivity index (χ0n) is 16.8. The fraction of sp³-hybridized carbons (Fsp3) is 0. The molecule has 0 bridgehead atoms. The van der Waals surface area contributed by atoms with Crippen molar-refractivity contribution < 1.29 is 0 Å². The summed E-state index contributed by atoms with van der Waals surface area (Å²) in [6.07, 6.45) is 0. The second-order valence-electron chi connectivity index (χ2n) is 7.01. The maximum Gasteiger partial charge on any atom is 0.0355 e. The van der Waals surface area contributed by atoms with Crippen molar-refractivity contribution in [3.63, 3.8) is 0 Å². The smallest absolute Gasteiger partial charge is 0.0355 e. The van der Waals surface area contributed by atoms with Crippen LogP contribution in [-0.2, 0) is 0 Å². The van der Waals surface area contributed by atoms with Crippen LogP contribution < -0.4 is 0 Å². The van der Waals surface area contributed by atoms with E-state index in [2.05, 4.69) is 120 Å². The summed E-state index contributed by atoms with van der Waals surface area (Å²) in [5.41, 5.74) is 0. The Balaban J connectivity index is 0.000000102. The van der Waals surface area contributed by atoms with Gasteiger partial charge in [0.1, 0.15) is 0 Å². The molecule has 0 fully saturated rings. The Hall–Kier alpha value is -2.98. The Morgan fingerprint density at radius 3 is 1.19 bits per heavy atom. The standard InChI is InChI=1S/C12H8S.2C8H6S/c1-3-7-11-9(5-1)10-6-2-4-8-12(10)13-11;2*1-2-4-8-7(3-1)5-6-9-8/h1-8H;2*1-6H. The molecule has 0 saturated heterocycles. The van der Waals surface area contributed by atoms with Crippen LogP contribution >= 0.6 is 34.0 Å². The van der Waals surface area contributed by atoms with Crippen molar-refractivity contribution in [2.45, 2.75) is 0 Å². The first-order valence-electron chi connectivity index (χ1n) is 10.1. The molecule has 31 heavy (non-hydrogen) atoms. The van der Waals surface area contributed by atoms with Gasteiger partial charge in [0.15, 0.2) is 0 Å². The van der Waals surface area contributed by atoms with Gasteiger partial charge in [-0.15, -0.1) is 34.0 Å². The normalized spacial score (nSPS) is 10.6. The molecule has 4 aromatic carbocycles. The maximum absolute atomic E-state index is 2.19.